The van der Waals surface area contributed by atoms with Gasteiger partial charge in [-0.25, -0.2) is 5.43 Å². The number of carbonyl (C=O) groups is 1. The van der Waals surface area contributed by atoms with E-state index in [9.17, 15) is 4.79 Å². The summed E-state index contributed by atoms with van der Waals surface area (Å²) < 4.78 is 19.2. The summed E-state index contributed by atoms with van der Waals surface area (Å²) in [6.45, 7) is 6.99. The maximum absolute atomic E-state index is 12.6. The molecule has 5 rings (SSSR count). The number of rotatable bonds is 9. The summed E-state index contributed by atoms with van der Waals surface area (Å²) in [4.78, 5) is 12.6. The molecule has 3 aromatic carbocycles. The summed E-state index contributed by atoms with van der Waals surface area (Å²) >= 11 is 5.95. The standard InChI is InChI=1S/C31H28ClN3O4/c1-4-37-28-13-14-29-23(16-28)17-30(39-29)31(36)34-33-18-24-15-20(2)35(21(24)3)26-9-11-27(12-10-26)38-19-22-5-7-25(32)8-6-22/h5-18H,4,19H2,1-3H3,(H,34,36)/b33-18+. The van der Waals surface area contributed by atoms with Gasteiger partial charge in [0.25, 0.3) is 0 Å². The highest BCUT2D eigenvalue weighted by molar-refractivity contribution is 6.30. The fraction of sp³-hybridized carbons (Fsp3) is 0.161. The molecule has 5 aromatic rings. The molecule has 0 aliphatic carbocycles. The number of aryl methyl sites for hydroxylation is 1. The first-order valence-electron chi connectivity index (χ1n) is 12.6. The largest absolute Gasteiger partial charge is 0.494 e. The lowest BCUT2D eigenvalue weighted by Gasteiger charge is -2.11. The first kappa shape index (κ1) is 26.1. The number of amides is 1. The van der Waals surface area contributed by atoms with Crippen molar-refractivity contribution in [3.8, 4) is 17.2 Å². The highest BCUT2D eigenvalue weighted by Crippen LogP contribution is 2.25. The van der Waals surface area contributed by atoms with Gasteiger partial charge in [0.2, 0.25) is 0 Å². The highest BCUT2D eigenvalue weighted by atomic mass is 35.5. The Bertz CT molecular complexity index is 1630. The summed E-state index contributed by atoms with van der Waals surface area (Å²) in [7, 11) is 0. The minimum Gasteiger partial charge on any atom is -0.494 e. The van der Waals surface area contributed by atoms with E-state index in [0.717, 1.165) is 45.1 Å². The Kier molecular flexibility index (Phi) is 7.70. The number of hydrogen-bond acceptors (Lipinski definition) is 5. The predicted octanol–water partition coefficient (Wildman–Crippen LogP) is 7.24. The lowest BCUT2D eigenvalue weighted by Crippen LogP contribution is -2.16. The zero-order valence-electron chi connectivity index (χ0n) is 21.9. The minimum absolute atomic E-state index is 0.180. The maximum atomic E-state index is 12.6. The molecule has 39 heavy (non-hydrogen) atoms. The molecule has 0 bridgehead atoms. The van der Waals surface area contributed by atoms with Crippen LogP contribution in [-0.2, 0) is 6.61 Å². The zero-order valence-corrected chi connectivity index (χ0v) is 22.7. The van der Waals surface area contributed by atoms with Crippen LogP contribution in [0.1, 0.15) is 40.0 Å². The van der Waals surface area contributed by atoms with Gasteiger partial charge in [-0.3, -0.25) is 4.79 Å². The lowest BCUT2D eigenvalue weighted by molar-refractivity contribution is 0.0929. The summed E-state index contributed by atoms with van der Waals surface area (Å²) in [5, 5.41) is 5.66. The van der Waals surface area contributed by atoms with E-state index in [1.165, 1.54) is 0 Å². The number of ether oxygens (including phenoxy) is 2. The van der Waals surface area contributed by atoms with Crippen molar-refractivity contribution < 1.29 is 18.7 Å². The van der Waals surface area contributed by atoms with E-state index in [1.807, 2.05) is 87.5 Å². The molecule has 0 saturated carbocycles. The third-order valence-corrected chi connectivity index (χ3v) is 6.53. The molecule has 0 spiro atoms. The summed E-state index contributed by atoms with van der Waals surface area (Å²) in [6, 6.07) is 24.7. The second-order valence-corrected chi connectivity index (χ2v) is 9.45. The number of benzene rings is 3. The number of furan rings is 1. The van der Waals surface area contributed by atoms with Gasteiger partial charge in [-0.1, -0.05) is 23.7 Å². The van der Waals surface area contributed by atoms with Gasteiger partial charge in [0.15, 0.2) is 5.76 Å². The molecule has 0 unspecified atom stereocenters. The van der Waals surface area contributed by atoms with Gasteiger partial charge in [0, 0.05) is 33.0 Å². The Morgan fingerprint density at radius 2 is 1.72 bits per heavy atom. The van der Waals surface area contributed by atoms with Crippen molar-refractivity contribution >= 4 is 34.7 Å². The molecule has 0 aliphatic rings. The van der Waals surface area contributed by atoms with E-state index < -0.39 is 5.91 Å². The molecule has 7 nitrogen and oxygen atoms in total. The van der Waals surface area contributed by atoms with Crippen molar-refractivity contribution in [3.05, 3.63) is 112 Å². The fourth-order valence-electron chi connectivity index (χ4n) is 4.36. The van der Waals surface area contributed by atoms with Crippen LogP contribution in [-0.4, -0.2) is 23.3 Å². The van der Waals surface area contributed by atoms with Gasteiger partial charge < -0.3 is 18.5 Å². The Balaban J connectivity index is 1.23. The van der Waals surface area contributed by atoms with E-state index in [2.05, 4.69) is 15.1 Å². The molecule has 0 radical (unpaired) electrons. The quantitative estimate of drug-likeness (QED) is 0.158. The van der Waals surface area contributed by atoms with E-state index in [0.29, 0.717) is 23.8 Å². The fourth-order valence-corrected chi connectivity index (χ4v) is 4.49. The van der Waals surface area contributed by atoms with Crippen LogP contribution in [0.3, 0.4) is 0 Å². The van der Waals surface area contributed by atoms with Crippen molar-refractivity contribution in [2.24, 2.45) is 5.10 Å². The number of hydrazone groups is 1. The molecule has 0 aliphatic heterocycles. The summed E-state index contributed by atoms with van der Waals surface area (Å²) in [5.74, 6) is 1.26. The monoisotopic (exact) mass is 541 g/mol. The Labute approximate surface area is 231 Å². The van der Waals surface area contributed by atoms with Crippen molar-refractivity contribution in [2.45, 2.75) is 27.4 Å². The normalized spacial score (nSPS) is 11.3. The molecule has 198 valence electrons. The third kappa shape index (κ3) is 5.99. The van der Waals surface area contributed by atoms with Crippen LogP contribution in [0.2, 0.25) is 5.02 Å². The lowest BCUT2D eigenvalue weighted by atomic mass is 10.2. The molecule has 8 heteroatoms. The topological polar surface area (TPSA) is 78.0 Å². The number of nitrogens with zero attached hydrogens (tertiary/aromatic N) is 2. The second-order valence-electron chi connectivity index (χ2n) is 9.01. The SMILES string of the molecule is CCOc1ccc2oc(C(=O)N/N=C/c3cc(C)n(-c4ccc(OCc5ccc(Cl)cc5)cc4)c3C)cc2c1. The molecule has 1 amide bonds. The minimum atomic E-state index is -0.427. The van der Waals surface area contributed by atoms with E-state index in [1.54, 1.807) is 18.3 Å². The number of aromatic nitrogens is 1. The van der Waals surface area contributed by atoms with Gasteiger partial charge >= 0.3 is 5.91 Å². The van der Waals surface area contributed by atoms with Crippen LogP contribution >= 0.6 is 11.6 Å². The third-order valence-electron chi connectivity index (χ3n) is 6.28. The Hall–Kier alpha value is -4.49. The molecule has 0 atom stereocenters. The van der Waals surface area contributed by atoms with Crippen LogP contribution in [0.4, 0.5) is 0 Å². The van der Waals surface area contributed by atoms with Crippen molar-refractivity contribution in [3.63, 3.8) is 0 Å². The van der Waals surface area contributed by atoms with Gasteiger partial charge in [0.05, 0.1) is 12.8 Å². The number of fused-ring (bicyclic) bond motifs is 1. The first-order valence-corrected chi connectivity index (χ1v) is 13.0. The Morgan fingerprint density at radius 1 is 0.974 bits per heavy atom. The molecule has 1 N–H and O–H groups in total. The van der Waals surface area contributed by atoms with Crippen molar-refractivity contribution in [1.82, 2.24) is 9.99 Å². The Morgan fingerprint density at radius 3 is 2.46 bits per heavy atom. The summed E-state index contributed by atoms with van der Waals surface area (Å²) in [6.07, 6.45) is 1.64. The number of hydrogen-bond donors (Lipinski definition) is 1. The maximum Gasteiger partial charge on any atom is 0.307 e. The van der Waals surface area contributed by atoms with Crippen LogP contribution in [0.15, 0.2) is 88.4 Å². The van der Waals surface area contributed by atoms with E-state index in [4.69, 9.17) is 25.5 Å². The molecular weight excluding hydrogens is 514 g/mol. The summed E-state index contributed by atoms with van der Waals surface area (Å²) in [5.41, 5.74) is 8.14. The highest BCUT2D eigenvalue weighted by Gasteiger charge is 2.13. The molecule has 2 aromatic heterocycles. The molecular formula is C31H28ClN3O4. The number of carbonyl (C=O) groups excluding carboxylic acids is 1. The van der Waals surface area contributed by atoms with Crippen LogP contribution in [0.25, 0.3) is 16.7 Å². The van der Waals surface area contributed by atoms with Gasteiger partial charge in [-0.05, 0) is 93.1 Å². The van der Waals surface area contributed by atoms with Crippen LogP contribution in [0, 0.1) is 13.8 Å². The average Bonchev–Trinajstić information content (AvgIpc) is 3.48. The van der Waals surface area contributed by atoms with Gasteiger partial charge in [0.1, 0.15) is 23.7 Å². The molecule has 2 heterocycles. The van der Waals surface area contributed by atoms with E-state index in [-0.39, 0.29) is 5.76 Å². The zero-order chi connectivity index (χ0) is 27.4. The van der Waals surface area contributed by atoms with Crippen molar-refractivity contribution in [1.29, 1.82) is 0 Å². The predicted molar refractivity (Wildman–Crippen MR) is 153 cm³/mol. The smallest absolute Gasteiger partial charge is 0.307 e. The van der Waals surface area contributed by atoms with Crippen LogP contribution < -0.4 is 14.9 Å². The number of halogens is 1. The first-order chi connectivity index (χ1) is 18.9. The second kappa shape index (κ2) is 11.5. The molecule has 0 saturated heterocycles. The van der Waals surface area contributed by atoms with Gasteiger partial charge in [-0.15, -0.1) is 0 Å². The average molecular weight is 542 g/mol. The molecule has 0 fully saturated rings. The van der Waals surface area contributed by atoms with Gasteiger partial charge in [-0.2, -0.15) is 5.10 Å². The van der Waals surface area contributed by atoms with Crippen LogP contribution in [0.5, 0.6) is 11.5 Å². The van der Waals surface area contributed by atoms with E-state index >= 15 is 0 Å². The van der Waals surface area contributed by atoms with Crippen molar-refractivity contribution in [2.75, 3.05) is 6.61 Å². The number of nitrogens with one attached hydrogen (secondary N) is 1.